The SMILES string of the molecule is CCOC(=O)c1c(NC(=O)c2cc3n(n2)[C@H](C(F)(F)F)C[C@H](c2cccs2)N3)sc2c1CC[C@H](C)C2. The quantitative estimate of drug-likeness (QED) is 0.377. The molecule has 1 amide bonds. The Balaban J connectivity index is 1.46. The molecular weight excluding hydrogens is 513 g/mol. The first kappa shape index (κ1) is 24.8. The second-order valence-corrected chi connectivity index (χ2v) is 11.2. The van der Waals surface area contributed by atoms with Gasteiger partial charge in [-0.05, 0) is 49.1 Å². The van der Waals surface area contributed by atoms with Crippen LogP contribution in [-0.4, -0.2) is 34.4 Å². The van der Waals surface area contributed by atoms with Crippen molar-refractivity contribution >= 4 is 45.4 Å². The zero-order valence-electron chi connectivity index (χ0n) is 19.6. The number of amides is 1. The fourth-order valence-corrected chi connectivity index (χ4v) is 6.97. The second kappa shape index (κ2) is 9.55. The zero-order valence-corrected chi connectivity index (χ0v) is 21.3. The predicted octanol–water partition coefficient (Wildman–Crippen LogP) is 6.22. The minimum absolute atomic E-state index is 0.122. The summed E-state index contributed by atoms with van der Waals surface area (Å²) in [6, 6.07) is 2.49. The number of nitrogens with one attached hydrogen (secondary N) is 2. The summed E-state index contributed by atoms with van der Waals surface area (Å²) >= 11 is 2.69. The molecule has 3 aromatic heterocycles. The number of alkyl halides is 3. The highest BCUT2D eigenvalue weighted by atomic mass is 32.1. The van der Waals surface area contributed by atoms with Crippen molar-refractivity contribution in [1.82, 2.24) is 9.78 Å². The van der Waals surface area contributed by atoms with Gasteiger partial charge in [-0.15, -0.1) is 22.7 Å². The molecule has 3 atom stereocenters. The first-order valence-electron chi connectivity index (χ1n) is 11.7. The molecule has 1 aliphatic heterocycles. The normalized spacial score (nSPS) is 21.3. The Labute approximate surface area is 213 Å². The molecular formula is C24H25F3N4O3S2. The van der Waals surface area contributed by atoms with E-state index in [1.807, 2.05) is 5.38 Å². The monoisotopic (exact) mass is 538 g/mol. The molecule has 0 unspecified atom stereocenters. The van der Waals surface area contributed by atoms with Crippen LogP contribution >= 0.6 is 22.7 Å². The van der Waals surface area contributed by atoms with Crippen LogP contribution < -0.4 is 10.6 Å². The van der Waals surface area contributed by atoms with Crippen LogP contribution in [0.25, 0.3) is 0 Å². The van der Waals surface area contributed by atoms with E-state index in [0.717, 1.165) is 32.8 Å². The Morgan fingerprint density at radius 1 is 1.36 bits per heavy atom. The van der Waals surface area contributed by atoms with Crippen molar-refractivity contribution in [1.29, 1.82) is 0 Å². The maximum Gasteiger partial charge on any atom is 0.410 e. The molecule has 12 heteroatoms. The van der Waals surface area contributed by atoms with Crippen LogP contribution in [0.1, 0.15) is 74.9 Å². The van der Waals surface area contributed by atoms with Gasteiger partial charge in [0.15, 0.2) is 11.7 Å². The topological polar surface area (TPSA) is 85.2 Å². The Kier molecular flexibility index (Phi) is 6.58. The number of aromatic nitrogens is 2. The largest absolute Gasteiger partial charge is 0.462 e. The summed E-state index contributed by atoms with van der Waals surface area (Å²) in [6.07, 6.45) is -2.35. The first-order chi connectivity index (χ1) is 17.2. The molecule has 0 aromatic carbocycles. The van der Waals surface area contributed by atoms with E-state index in [2.05, 4.69) is 22.7 Å². The number of carbonyl (C=O) groups is 2. The Morgan fingerprint density at radius 3 is 2.86 bits per heavy atom. The van der Waals surface area contributed by atoms with Crippen molar-refractivity contribution in [2.24, 2.45) is 5.92 Å². The van der Waals surface area contributed by atoms with Gasteiger partial charge in [-0.25, -0.2) is 9.48 Å². The van der Waals surface area contributed by atoms with Crippen LogP contribution in [0.4, 0.5) is 24.0 Å². The lowest BCUT2D eigenvalue weighted by atomic mass is 9.88. The highest BCUT2D eigenvalue weighted by Crippen LogP contribution is 2.45. The lowest BCUT2D eigenvalue weighted by molar-refractivity contribution is -0.173. The lowest BCUT2D eigenvalue weighted by Crippen LogP contribution is -2.35. The predicted molar refractivity (Wildman–Crippen MR) is 132 cm³/mol. The van der Waals surface area contributed by atoms with Gasteiger partial charge in [-0.2, -0.15) is 18.3 Å². The highest BCUT2D eigenvalue weighted by molar-refractivity contribution is 7.17. The molecule has 0 saturated heterocycles. The number of nitrogens with zero attached hydrogens (tertiary/aromatic N) is 2. The Morgan fingerprint density at radius 2 is 2.17 bits per heavy atom. The molecule has 1 aliphatic carbocycles. The van der Waals surface area contributed by atoms with Gasteiger partial charge in [0.2, 0.25) is 0 Å². The van der Waals surface area contributed by atoms with Crippen molar-refractivity contribution in [2.45, 2.75) is 57.8 Å². The molecule has 4 heterocycles. The number of ether oxygens (including phenoxy) is 1. The molecule has 0 bridgehead atoms. The number of halogens is 3. The smallest absolute Gasteiger partial charge is 0.410 e. The Bertz CT molecular complexity index is 1280. The zero-order chi connectivity index (χ0) is 25.6. The van der Waals surface area contributed by atoms with E-state index < -0.39 is 30.1 Å². The van der Waals surface area contributed by atoms with Crippen molar-refractivity contribution in [2.75, 3.05) is 17.2 Å². The third kappa shape index (κ3) is 4.63. The van der Waals surface area contributed by atoms with E-state index in [1.54, 1.807) is 19.1 Å². The fourth-order valence-electron chi connectivity index (χ4n) is 4.79. The summed E-state index contributed by atoms with van der Waals surface area (Å²) in [5, 5.41) is 12.0. The van der Waals surface area contributed by atoms with Gasteiger partial charge in [-0.3, -0.25) is 4.79 Å². The van der Waals surface area contributed by atoms with Crippen LogP contribution in [0.3, 0.4) is 0 Å². The number of hydrogen-bond donors (Lipinski definition) is 2. The second-order valence-electron chi connectivity index (χ2n) is 9.10. The van der Waals surface area contributed by atoms with Crippen LogP contribution in [0.5, 0.6) is 0 Å². The third-order valence-corrected chi connectivity index (χ3v) is 8.68. The average Bonchev–Trinajstić information content (AvgIpc) is 3.55. The number of thiophene rings is 2. The summed E-state index contributed by atoms with van der Waals surface area (Å²) in [5.74, 6) is -0.612. The number of carbonyl (C=O) groups excluding carboxylic acids is 2. The molecule has 2 aliphatic rings. The van der Waals surface area contributed by atoms with Gasteiger partial charge in [-0.1, -0.05) is 13.0 Å². The van der Waals surface area contributed by atoms with Crippen molar-refractivity contribution in [3.8, 4) is 0 Å². The van der Waals surface area contributed by atoms with E-state index >= 15 is 0 Å². The van der Waals surface area contributed by atoms with Crippen molar-refractivity contribution in [3.05, 3.63) is 50.2 Å². The van der Waals surface area contributed by atoms with Crippen LogP contribution in [0, 0.1) is 5.92 Å². The molecule has 7 nitrogen and oxygen atoms in total. The summed E-state index contributed by atoms with van der Waals surface area (Å²) in [7, 11) is 0. The molecule has 5 rings (SSSR count). The third-order valence-electron chi connectivity index (χ3n) is 6.53. The number of anilines is 2. The highest BCUT2D eigenvalue weighted by Gasteiger charge is 2.47. The van der Waals surface area contributed by atoms with Crippen molar-refractivity contribution in [3.63, 3.8) is 0 Å². The summed E-state index contributed by atoms with van der Waals surface area (Å²) in [4.78, 5) is 27.7. The van der Waals surface area contributed by atoms with Gasteiger partial charge >= 0.3 is 12.1 Å². The molecule has 0 spiro atoms. The van der Waals surface area contributed by atoms with Crippen LogP contribution in [0.2, 0.25) is 0 Å². The lowest BCUT2D eigenvalue weighted by Gasteiger charge is -2.32. The van der Waals surface area contributed by atoms with Gasteiger partial charge < -0.3 is 15.4 Å². The molecule has 0 fully saturated rings. The maximum absolute atomic E-state index is 13.9. The molecule has 2 N–H and O–H groups in total. The number of hydrogen-bond acceptors (Lipinski definition) is 7. The van der Waals surface area contributed by atoms with Gasteiger partial charge in [0, 0.05) is 22.2 Å². The number of esters is 1. The molecule has 0 radical (unpaired) electrons. The average molecular weight is 539 g/mol. The number of rotatable bonds is 5. The molecule has 36 heavy (non-hydrogen) atoms. The minimum Gasteiger partial charge on any atom is -0.462 e. The first-order valence-corrected chi connectivity index (χ1v) is 13.4. The maximum atomic E-state index is 13.9. The summed E-state index contributed by atoms with van der Waals surface area (Å²) < 4.78 is 47.9. The summed E-state index contributed by atoms with van der Waals surface area (Å²) in [5.41, 5.74) is 1.06. The van der Waals surface area contributed by atoms with Gasteiger partial charge in [0.1, 0.15) is 10.8 Å². The Hall–Kier alpha value is -2.86. The van der Waals surface area contributed by atoms with E-state index in [-0.39, 0.29) is 24.5 Å². The summed E-state index contributed by atoms with van der Waals surface area (Å²) in [6.45, 7) is 4.03. The number of fused-ring (bicyclic) bond motifs is 2. The fraction of sp³-hybridized carbons (Fsp3) is 0.458. The van der Waals surface area contributed by atoms with E-state index in [9.17, 15) is 22.8 Å². The minimum atomic E-state index is -4.54. The molecule has 3 aromatic rings. The molecule has 0 saturated carbocycles. The van der Waals surface area contributed by atoms with Gasteiger partial charge in [0.25, 0.3) is 5.91 Å². The van der Waals surface area contributed by atoms with Crippen LogP contribution in [-0.2, 0) is 17.6 Å². The van der Waals surface area contributed by atoms with Crippen LogP contribution in [0.15, 0.2) is 23.6 Å². The van der Waals surface area contributed by atoms with E-state index in [0.29, 0.717) is 22.9 Å². The standard InChI is InChI=1S/C24H25F3N4O3S2/c1-3-34-23(33)20-13-7-6-12(2)9-17(13)36-22(20)29-21(32)15-11-19-28-14(16-5-4-8-35-16)10-18(24(25,26)27)31(19)30-15/h4-5,8,11-12,14,18,28H,3,6-7,9-10H2,1-2H3,(H,29,32)/t12-,14+,18-/m0/s1. The van der Waals surface area contributed by atoms with Crippen molar-refractivity contribution < 1.29 is 27.5 Å². The van der Waals surface area contributed by atoms with E-state index in [1.165, 1.54) is 28.7 Å². The molecule has 192 valence electrons. The van der Waals surface area contributed by atoms with Gasteiger partial charge in [0.05, 0.1) is 18.2 Å². The van der Waals surface area contributed by atoms with E-state index in [4.69, 9.17) is 4.74 Å².